The van der Waals surface area contributed by atoms with E-state index < -0.39 is 31.4 Å². The molecule has 0 saturated carbocycles. The molecular formula is C28H38Cl2Si2Ti-2. The SMILES string of the molecule is C[CH]=[Ti]([Cl])[Cl].Cc1cc2c([Si](C)(C)C)cccc2[cH-]1.Cc1cc2c([Si](C)(C)C)cccc2[cH-]1. The van der Waals surface area contributed by atoms with E-state index in [2.05, 4.69) is 114 Å². The number of rotatable bonds is 2. The van der Waals surface area contributed by atoms with E-state index in [4.69, 9.17) is 18.6 Å². The molecule has 0 unspecified atom stereocenters. The normalized spacial score (nSPS) is 11.5. The quantitative estimate of drug-likeness (QED) is 0.174. The van der Waals surface area contributed by atoms with Crippen molar-refractivity contribution in [2.24, 2.45) is 0 Å². The van der Waals surface area contributed by atoms with Crippen molar-refractivity contribution >= 4 is 71.0 Å². The fraction of sp³-hybridized carbons (Fsp3) is 0.321. The first kappa shape index (κ1) is 28.5. The standard InChI is InChI=1S/2C13H17Si.C2H4.2ClH.Ti/c2*1-10-8-11-6-5-7-13(12(11)9-10)14(2,3)4;1-2;;;/h2*5-9H,1-4H3;1H,2H3;2*1H;/q2*-1;;;;+2/p-2. The van der Waals surface area contributed by atoms with E-state index in [-0.39, 0.29) is 0 Å². The number of benzene rings is 2. The van der Waals surface area contributed by atoms with Gasteiger partial charge in [-0.2, -0.15) is 22.9 Å². The van der Waals surface area contributed by atoms with E-state index in [0.29, 0.717) is 0 Å². The molecule has 0 spiro atoms. The van der Waals surface area contributed by atoms with Crippen LogP contribution >= 0.6 is 18.6 Å². The zero-order valence-corrected chi connectivity index (χ0v) is 26.7. The van der Waals surface area contributed by atoms with E-state index in [1.807, 2.05) is 11.2 Å². The van der Waals surface area contributed by atoms with E-state index in [1.165, 1.54) is 32.7 Å². The van der Waals surface area contributed by atoms with Crippen LogP contribution in [-0.2, 0) is 15.3 Å². The Morgan fingerprint density at radius 2 is 1.03 bits per heavy atom. The van der Waals surface area contributed by atoms with Gasteiger partial charge in [-0.25, -0.2) is 0 Å². The average molecular weight is 550 g/mol. The summed E-state index contributed by atoms with van der Waals surface area (Å²) in [7, 11) is 8.31. The zero-order chi connectivity index (χ0) is 25.0. The molecule has 0 aromatic heterocycles. The molecule has 0 fully saturated rings. The third kappa shape index (κ3) is 8.16. The van der Waals surface area contributed by atoms with Crippen molar-refractivity contribution in [2.75, 3.05) is 0 Å². The van der Waals surface area contributed by atoms with Crippen LogP contribution in [0.4, 0.5) is 0 Å². The number of hydrogen-bond donors (Lipinski definition) is 0. The molecule has 33 heavy (non-hydrogen) atoms. The van der Waals surface area contributed by atoms with Gasteiger partial charge in [-0.3, -0.25) is 0 Å². The summed E-state index contributed by atoms with van der Waals surface area (Å²) in [6.45, 7) is 20.7. The molecule has 0 saturated heterocycles. The first-order valence-corrected chi connectivity index (χ1v) is 23.7. The number of aryl methyl sites for hydroxylation is 2. The summed E-state index contributed by atoms with van der Waals surface area (Å²) in [6.07, 6.45) is 0. The molecule has 0 heterocycles. The van der Waals surface area contributed by atoms with Gasteiger partial charge in [-0.1, -0.05) is 65.3 Å². The average Bonchev–Trinajstić information content (AvgIpc) is 3.27. The maximum atomic E-state index is 5.34. The van der Waals surface area contributed by atoms with Crippen LogP contribution in [0.3, 0.4) is 0 Å². The molecule has 0 aliphatic rings. The molecule has 0 atom stereocenters. The molecule has 0 nitrogen and oxygen atoms in total. The van der Waals surface area contributed by atoms with Crippen molar-refractivity contribution < 1.29 is 15.3 Å². The Balaban J connectivity index is 0.000000195. The molecule has 0 aliphatic carbocycles. The second-order valence-corrected chi connectivity index (χ2v) is 26.8. The summed E-state index contributed by atoms with van der Waals surface area (Å²) in [5.74, 6) is 0. The van der Waals surface area contributed by atoms with Crippen LogP contribution in [0.5, 0.6) is 0 Å². The van der Waals surface area contributed by atoms with Crippen LogP contribution in [0, 0.1) is 13.8 Å². The van der Waals surface area contributed by atoms with Crippen molar-refractivity contribution in [1.29, 1.82) is 0 Å². The summed E-state index contributed by atoms with van der Waals surface area (Å²) < 4.78 is 1.86. The molecule has 5 heteroatoms. The van der Waals surface area contributed by atoms with Gasteiger partial charge in [0.2, 0.25) is 0 Å². The fourth-order valence-corrected chi connectivity index (χ4v) is 7.32. The third-order valence-electron chi connectivity index (χ3n) is 5.62. The second kappa shape index (κ2) is 11.8. The van der Waals surface area contributed by atoms with Gasteiger partial charge in [0.25, 0.3) is 0 Å². The third-order valence-corrected chi connectivity index (χ3v) is 12.2. The molecule has 4 rings (SSSR count). The van der Waals surface area contributed by atoms with Crippen molar-refractivity contribution in [1.82, 2.24) is 0 Å². The first-order chi connectivity index (χ1) is 15.2. The minimum Gasteiger partial charge on any atom is -0.165 e. The Hall–Kier alpha value is -0.742. The molecule has 178 valence electrons. The van der Waals surface area contributed by atoms with Gasteiger partial charge in [-0.05, 0) is 0 Å². The van der Waals surface area contributed by atoms with Crippen LogP contribution in [0.2, 0.25) is 39.3 Å². The zero-order valence-electron chi connectivity index (χ0n) is 21.6. The van der Waals surface area contributed by atoms with Crippen LogP contribution < -0.4 is 10.4 Å². The minimum absolute atomic E-state index is 1.18. The smallest absolute Gasteiger partial charge is 0.0662 e. The summed E-state index contributed by atoms with van der Waals surface area (Å²) in [5.41, 5.74) is 2.76. The Bertz CT molecular complexity index is 1140. The molecule has 4 aromatic carbocycles. The number of halogens is 2. The van der Waals surface area contributed by atoms with Gasteiger partial charge in [0, 0.05) is 0 Å². The molecular weight excluding hydrogens is 511 g/mol. The number of fused-ring (bicyclic) bond motifs is 2. The van der Waals surface area contributed by atoms with Crippen LogP contribution in [0.1, 0.15) is 18.1 Å². The van der Waals surface area contributed by atoms with Gasteiger partial charge in [-0.15, -0.1) is 68.7 Å². The summed E-state index contributed by atoms with van der Waals surface area (Å²) in [4.78, 5) is 0. The van der Waals surface area contributed by atoms with Gasteiger partial charge < -0.3 is 0 Å². The summed E-state index contributed by atoms with van der Waals surface area (Å²) in [5, 5.41) is 8.93. The number of hydrogen-bond acceptors (Lipinski definition) is 0. The van der Waals surface area contributed by atoms with Crippen LogP contribution in [0.15, 0.2) is 60.7 Å². The van der Waals surface area contributed by atoms with E-state index in [9.17, 15) is 0 Å². The van der Waals surface area contributed by atoms with Gasteiger partial charge >= 0.3 is 45.1 Å². The molecule has 4 aromatic rings. The first-order valence-electron chi connectivity index (χ1n) is 11.5. The molecule has 0 N–H and O–H groups in total. The van der Waals surface area contributed by atoms with Crippen LogP contribution in [-0.4, -0.2) is 20.5 Å². The molecule has 0 bridgehead atoms. The monoisotopic (exact) mass is 548 g/mol. The largest absolute Gasteiger partial charge is 0.165 e. The molecule has 0 aliphatic heterocycles. The fourth-order valence-electron chi connectivity index (χ4n) is 4.08. The topological polar surface area (TPSA) is 0 Å². The maximum absolute atomic E-state index is 5.34. The predicted octanol–water partition coefficient (Wildman–Crippen LogP) is 8.56. The van der Waals surface area contributed by atoms with Crippen molar-refractivity contribution in [3.05, 3.63) is 71.8 Å². The Morgan fingerprint density at radius 1 is 0.697 bits per heavy atom. The van der Waals surface area contributed by atoms with Gasteiger partial charge in [0.05, 0.1) is 16.1 Å². The van der Waals surface area contributed by atoms with Gasteiger partial charge in [0.1, 0.15) is 0 Å². The second-order valence-electron chi connectivity index (χ2n) is 10.8. The van der Waals surface area contributed by atoms with Gasteiger partial charge in [0.15, 0.2) is 0 Å². The van der Waals surface area contributed by atoms with Crippen molar-refractivity contribution in [2.45, 2.75) is 60.1 Å². The minimum atomic E-state index is -1.54. The Kier molecular flexibility index (Phi) is 10.2. The van der Waals surface area contributed by atoms with Crippen molar-refractivity contribution in [3.63, 3.8) is 0 Å². The predicted molar refractivity (Wildman–Crippen MR) is 158 cm³/mol. The maximum Gasteiger partial charge on any atom is 0.0662 e. The van der Waals surface area contributed by atoms with E-state index in [0.717, 1.165) is 0 Å². The molecule has 0 amide bonds. The van der Waals surface area contributed by atoms with Crippen molar-refractivity contribution in [3.8, 4) is 0 Å². The molecule has 0 radical (unpaired) electrons. The summed E-state index contributed by atoms with van der Waals surface area (Å²) in [6, 6.07) is 22.6. The Labute approximate surface area is 216 Å². The van der Waals surface area contributed by atoms with E-state index >= 15 is 0 Å². The van der Waals surface area contributed by atoms with E-state index in [1.54, 1.807) is 10.4 Å². The van der Waals surface area contributed by atoms with Crippen LogP contribution in [0.25, 0.3) is 21.5 Å². The Morgan fingerprint density at radius 3 is 1.30 bits per heavy atom. The summed E-state index contributed by atoms with van der Waals surface area (Å²) >= 11 is -1.54.